The zero-order chi connectivity index (χ0) is 25.8. The minimum Gasteiger partial charge on any atom is -0.391 e. The molecule has 1 aromatic carbocycles. The van der Waals surface area contributed by atoms with Gasteiger partial charge in [-0.05, 0) is 25.1 Å². The zero-order valence-electron chi connectivity index (χ0n) is 19.0. The van der Waals surface area contributed by atoms with Crippen molar-refractivity contribution in [2.45, 2.75) is 25.7 Å². The van der Waals surface area contributed by atoms with Gasteiger partial charge in [0.05, 0.1) is 44.6 Å². The molecule has 4 rings (SSSR count). The zero-order valence-corrected chi connectivity index (χ0v) is 16.8. The normalized spacial score (nSPS) is 15.7. The van der Waals surface area contributed by atoms with Gasteiger partial charge in [0.2, 0.25) is 0 Å². The van der Waals surface area contributed by atoms with Gasteiger partial charge < -0.3 is 9.63 Å². The predicted octanol–water partition coefficient (Wildman–Crippen LogP) is 4.85. The molecule has 0 saturated carbocycles. The average molecular weight is 471 g/mol. The number of aliphatic hydroxyl groups is 1. The first kappa shape index (κ1) is 18.3. The van der Waals surface area contributed by atoms with Crippen molar-refractivity contribution in [3.63, 3.8) is 0 Å². The first-order valence-corrected chi connectivity index (χ1v) is 9.23. The van der Waals surface area contributed by atoms with Gasteiger partial charge in [0.25, 0.3) is 0 Å². The first-order chi connectivity index (χ1) is 16.2. The standard InChI is InChI=1S/C20H14ClF4N5O2/c1-10(31)9-30-18(20(23,24)25)11(8-28-30)17-15(19-26-6-3-7-27-19)16(29-32-17)14-12(21)4-2-5-13(14)22/h2-8,10,31H,9H2,1H3/i9D2,10D. The SMILES string of the molecule is [2H]C(C)(O)C([2H])([2H])n1ncc(-c2onc(-c3c(F)cccc3Cl)c2-c2ncccn2)c1C(F)(F)F. The van der Waals surface area contributed by atoms with Crippen LogP contribution in [0, 0.1) is 5.82 Å². The van der Waals surface area contributed by atoms with Crippen LogP contribution in [0.4, 0.5) is 17.6 Å². The summed E-state index contributed by atoms with van der Waals surface area (Å²) in [4.78, 5) is 8.02. The number of rotatable bonds is 5. The molecule has 0 spiro atoms. The molecule has 0 aliphatic rings. The van der Waals surface area contributed by atoms with E-state index in [4.69, 9.17) is 20.2 Å². The summed E-state index contributed by atoms with van der Waals surface area (Å²) in [6.07, 6.45) is -5.03. The number of nitrogens with zero attached hydrogens (tertiary/aromatic N) is 5. The lowest BCUT2D eigenvalue weighted by Crippen LogP contribution is -2.20. The average Bonchev–Trinajstić information content (AvgIpc) is 3.38. The van der Waals surface area contributed by atoms with Crippen molar-refractivity contribution in [2.75, 3.05) is 0 Å². The fraction of sp³-hybridized carbons (Fsp3) is 0.200. The van der Waals surface area contributed by atoms with Gasteiger partial charge in [0, 0.05) is 12.4 Å². The minimum atomic E-state index is -5.23. The van der Waals surface area contributed by atoms with E-state index in [1.54, 1.807) is 0 Å². The Balaban J connectivity index is 2.07. The Morgan fingerprint density at radius 1 is 1.25 bits per heavy atom. The smallest absolute Gasteiger partial charge is 0.391 e. The van der Waals surface area contributed by atoms with Crippen LogP contribution in [0.25, 0.3) is 34.0 Å². The van der Waals surface area contributed by atoms with E-state index in [0.29, 0.717) is 13.1 Å². The molecule has 32 heavy (non-hydrogen) atoms. The number of aromatic nitrogens is 5. The van der Waals surface area contributed by atoms with Crippen LogP contribution in [0.15, 0.2) is 47.4 Å². The van der Waals surface area contributed by atoms with Gasteiger partial charge in [0.1, 0.15) is 11.5 Å². The summed E-state index contributed by atoms with van der Waals surface area (Å²) in [6.45, 7) is -2.65. The Morgan fingerprint density at radius 3 is 2.59 bits per heavy atom. The van der Waals surface area contributed by atoms with Gasteiger partial charge in [-0.15, -0.1) is 0 Å². The van der Waals surface area contributed by atoms with E-state index in [1.807, 2.05) is 0 Å². The van der Waals surface area contributed by atoms with Gasteiger partial charge in [-0.2, -0.15) is 18.3 Å². The van der Waals surface area contributed by atoms with Crippen LogP contribution < -0.4 is 0 Å². The molecule has 3 aromatic heterocycles. The van der Waals surface area contributed by atoms with E-state index in [9.17, 15) is 22.7 Å². The van der Waals surface area contributed by atoms with E-state index < -0.39 is 41.6 Å². The molecule has 12 heteroatoms. The third kappa shape index (κ3) is 3.96. The Morgan fingerprint density at radius 2 is 1.97 bits per heavy atom. The molecule has 0 aliphatic carbocycles. The molecule has 0 bridgehead atoms. The molecule has 0 saturated heterocycles. The summed E-state index contributed by atoms with van der Waals surface area (Å²) in [5, 5.41) is 17.0. The number of alkyl halides is 3. The summed E-state index contributed by atoms with van der Waals surface area (Å²) in [5.41, 5.74) is -3.34. The predicted molar refractivity (Wildman–Crippen MR) is 106 cm³/mol. The number of halogens is 5. The molecule has 4 aromatic rings. The van der Waals surface area contributed by atoms with Crippen LogP contribution >= 0.6 is 11.6 Å². The van der Waals surface area contributed by atoms with Crippen molar-refractivity contribution >= 4 is 11.6 Å². The van der Waals surface area contributed by atoms with Crippen molar-refractivity contribution in [2.24, 2.45) is 0 Å². The van der Waals surface area contributed by atoms with Crippen molar-refractivity contribution in [3.05, 3.63) is 59.4 Å². The van der Waals surface area contributed by atoms with E-state index in [1.165, 1.54) is 30.6 Å². The molecule has 7 nitrogen and oxygen atoms in total. The summed E-state index contributed by atoms with van der Waals surface area (Å²) >= 11 is 6.14. The second-order valence-electron chi connectivity index (χ2n) is 6.42. The van der Waals surface area contributed by atoms with Gasteiger partial charge in [-0.25, -0.2) is 14.4 Å². The van der Waals surface area contributed by atoms with Crippen LogP contribution in [0.2, 0.25) is 5.02 Å². The second kappa shape index (κ2) is 8.32. The third-order valence-corrected chi connectivity index (χ3v) is 4.55. The lowest BCUT2D eigenvalue weighted by molar-refractivity contribution is -0.144. The topological polar surface area (TPSA) is 89.9 Å². The van der Waals surface area contributed by atoms with E-state index in [2.05, 4.69) is 20.2 Å². The molecule has 0 aliphatic heterocycles. The highest BCUT2D eigenvalue weighted by Crippen LogP contribution is 2.45. The van der Waals surface area contributed by atoms with Crippen LogP contribution in [-0.2, 0) is 12.7 Å². The number of benzene rings is 1. The Labute approximate surface area is 187 Å². The second-order valence-corrected chi connectivity index (χ2v) is 6.83. The molecule has 0 fully saturated rings. The van der Waals surface area contributed by atoms with Gasteiger partial charge in [-0.3, -0.25) is 4.68 Å². The molecule has 3 heterocycles. The maximum absolute atomic E-state index is 14.7. The van der Waals surface area contributed by atoms with Crippen LogP contribution in [-0.4, -0.2) is 36.1 Å². The lowest BCUT2D eigenvalue weighted by atomic mass is 10.0. The highest BCUT2D eigenvalue weighted by molar-refractivity contribution is 6.33. The minimum absolute atomic E-state index is 0.115. The first-order valence-electron chi connectivity index (χ1n) is 10.3. The van der Waals surface area contributed by atoms with Crippen molar-refractivity contribution in [1.29, 1.82) is 0 Å². The van der Waals surface area contributed by atoms with E-state index in [0.717, 1.165) is 6.07 Å². The van der Waals surface area contributed by atoms with E-state index in [-0.39, 0.29) is 32.3 Å². The summed E-state index contributed by atoms with van der Waals surface area (Å²) < 4.78 is 85.7. The highest BCUT2D eigenvalue weighted by Gasteiger charge is 2.41. The summed E-state index contributed by atoms with van der Waals surface area (Å²) in [7, 11) is 0. The van der Waals surface area contributed by atoms with Gasteiger partial charge in [0.15, 0.2) is 17.3 Å². The highest BCUT2D eigenvalue weighted by atomic mass is 35.5. The molecular formula is C20H14ClF4N5O2. The maximum atomic E-state index is 14.7. The van der Waals surface area contributed by atoms with Crippen LogP contribution in [0.1, 0.15) is 16.7 Å². The Bertz CT molecular complexity index is 1370. The quantitative estimate of drug-likeness (QED) is 0.419. The van der Waals surface area contributed by atoms with Crippen molar-refractivity contribution in [1.82, 2.24) is 24.9 Å². The molecule has 1 unspecified atom stereocenters. The Kier molecular flexibility index (Phi) is 4.75. The number of hydrogen-bond donors (Lipinski definition) is 1. The fourth-order valence-electron chi connectivity index (χ4n) is 3.03. The van der Waals surface area contributed by atoms with Crippen LogP contribution in [0.3, 0.4) is 0 Å². The van der Waals surface area contributed by atoms with Gasteiger partial charge >= 0.3 is 6.18 Å². The van der Waals surface area contributed by atoms with Crippen LogP contribution in [0.5, 0.6) is 0 Å². The Hall–Kier alpha value is -3.31. The lowest BCUT2D eigenvalue weighted by Gasteiger charge is -2.13. The summed E-state index contributed by atoms with van der Waals surface area (Å²) in [6, 6.07) is 5.17. The number of hydrogen-bond acceptors (Lipinski definition) is 6. The monoisotopic (exact) mass is 470 g/mol. The van der Waals surface area contributed by atoms with E-state index >= 15 is 0 Å². The molecule has 1 N–H and O–H groups in total. The maximum Gasteiger partial charge on any atom is 0.433 e. The van der Waals surface area contributed by atoms with Crippen molar-refractivity contribution < 1.29 is 31.3 Å². The molecular weight excluding hydrogens is 454 g/mol. The molecule has 0 amide bonds. The third-order valence-electron chi connectivity index (χ3n) is 4.23. The molecule has 0 radical (unpaired) electrons. The fourth-order valence-corrected chi connectivity index (χ4v) is 3.28. The van der Waals surface area contributed by atoms with Crippen molar-refractivity contribution in [3.8, 4) is 34.0 Å². The summed E-state index contributed by atoms with van der Waals surface area (Å²) in [5.74, 6) is -1.64. The molecule has 166 valence electrons. The molecule has 1 atom stereocenters. The van der Waals surface area contributed by atoms with Gasteiger partial charge in [-0.1, -0.05) is 22.8 Å². The largest absolute Gasteiger partial charge is 0.433 e.